The van der Waals surface area contributed by atoms with Crippen molar-refractivity contribution in [3.63, 3.8) is 0 Å². The molecule has 12 nitrogen and oxygen atoms in total. The van der Waals surface area contributed by atoms with Crippen LogP contribution in [0, 0.1) is 17.8 Å². The van der Waals surface area contributed by atoms with Gasteiger partial charge < -0.3 is 43.8 Å². The van der Waals surface area contributed by atoms with Gasteiger partial charge in [0, 0.05) is 42.6 Å². The Bertz CT molecular complexity index is 1680. The Kier molecular flexibility index (Phi) is 16.3. The number of allylic oxidation sites excluding steroid dienone is 1. The molecule has 3 aliphatic rings. The molecule has 0 unspecified atom stereocenters. The quantitative estimate of drug-likeness (QED) is 0.0493. The Morgan fingerprint density at radius 2 is 1.74 bits per heavy atom. The predicted octanol–water partition coefficient (Wildman–Crippen LogP) is 7.71. The minimum Gasteiger partial charge on any atom is -0.459 e. The molecule has 0 radical (unpaired) electrons. The number of ether oxygens (including phenoxy) is 5. The van der Waals surface area contributed by atoms with E-state index < -0.39 is 29.4 Å². The van der Waals surface area contributed by atoms with Crippen LogP contribution in [0.4, 0.5) is 4.79 Å². The molecular formula is C44H62N2O10S. The first kappa shape index (κ1) is 44.5. The summed E-state index contributed by atoms with van der Waals surface area (Å²) < 4.78 is 31.8. The second-order valence-electron chi connectivity index (χ2n) is 15.8. The molecule has 3 N–H and O–H groups in total. The fraction of sp³-hybridized carbons (Fsp3) is 0.591. The summed E-state index contributed by atoms with van der Waals surface area (Å²) in [4.78, 5) is 22.8. The van der Waals surface area contributed by atoms with Crippen LogP contribution in [0.15, 0.2) is 76.8 Å². The third-order valence-electron chi connectivity index (χ3n) is 10.9. The van der Waals surface area contributed by atoms with Gasteiger partial charge in [-0.3, -0.25) is 4.90 Å². The summed E-state index contributed by atoms with van der Waals surface area (Å²) in [5.74, 6) is -0.0216. The highest BCUT2D eigenvalue weighted by Crippen LogP contribution is 2.62. The van der Waals surface area contributed by atoms with E-state index in [4.69, 9.17) is 33.7 Å². The van der Waals surface area contributed by atoms with Gasteiger partial charge in [-0.1, -0.05) is 30.1 Å². The third kappa shape index (κ3) is 10.7. The Morgan fingerprint density at radius 3 is 2.39 bits per heavy atom. The average molecular weight is 811 g/mol. The van der Waals surface area contributed by atoms with Crippen LogP contribution >= 0.6 is 11.8 Å². The van der Waals surface area contributed by atoms with Gasteiger partial charge in [0.2, 0.25) is 5.79 Å². The second kappa shape index (κ2) is 20.9. The van der Waals surface area contributed by atoms with Crippen molar-refractivity contribution < 1.29 is 48.6 Å². The lowest BCUT2D eigenvalue weighted by atomic mass is 9.55. The van der Waals surface area contributed by atoms with Crippen LogP contribution in [0.2, 0.25) is 0 Å². The topological polar surface area (TPSA) is 149 Å². The molecule has 0 aromatic heterocycles. The van der Waals surface area contributed by atoms with Crippen molar-refractivity contribution in [3.8, 4) is 17.2 Å². The van der Waals surface area contributed by atoms with Crippen LogP contribution in [0.25, 0.3) is 0 Å². The Labute approximate surface area is 342 Å². The minimum atomic E-state index is -1.44. The number of hydrogen-bond acceptors (Lipinski definition) is 12. The van der Waals surface area contributed by atoms with Crippen LogP contribution in [-0.4, -0.2) is 109 Å². The Hall–Kier alpha value is -3.59. The maximum Gasteiger partial charge on any atom is 0.410 e. The van der Waals surface area contributed by atoms with Gasteiger partial charge in [0.05, 0.1) is 45.2 Å². The molecule has 2 aromatic rings. The highest BCUT2D eigenvalue weighted by Gasteiger charge is 2.65. The molecule has 0 spiro atoms. The van der Waals surface area contributed by atoms with Gasteiger partial charge in [-0.25, -0.2) is 4.79 Å². The largest absolute Gasteiger partial charge is 0.459 e. The number of carbonyl (C=O) groups excluding carboxylic acids is 1. The summed E-state index contributed by atoms with van der Waals surface area (Å²) in [6, 6.07) is 13.1. The summed E-state index contributed by atoms with van der Waals surface area (Å²) in [6.45, 7) is 10.4. The van der Waals surface area contributed by atoms with E-state index in [0.29, 0.717) is 35.8 Å². The maximum absolute atomic E-state index is 13.9. The van der Waals surface area contributed by atoms with E-state index in [2.05, 4.69) is 18.7 Å². The van der Waals surface area contributed by atoms with E-state index in [-0.39, 0.29) is 70.4 Å². The van der Waals surface area contributed by atoms with E-state index in [9.17, 15) is 20.1 Å². The Morgan fingerprint density at radius 1 is 1.02 bits per heavy atom. The fourth-order valence-electron chi connectivity index (χ4n) is 8.50. The van der Waals surface area contributed by atoms with Crippen LogP contribution in [0.1, 0.15) is 77.2 Å². The average Bonchev–Trinajstić information content (AvgIpc) is 3.20. The van der Waals surface area contributed by atoms with Gasteiger partial charge >= 0.3 is 6.09 Å². The zero-order chi connectivity index (χ0) is 41.0. The van der Waals surface area contributed by atoms with Crippen molar-refractivity contribution in [2.75, 3.05) is 59.6 Å². The van der Waals surface area contributed by atoms with Gasteiger partial charge in [-0.15, -0.1) is 18.3 Å². The highest BCUT2D eigenvalue weighted by atomic mass is 32.2. The Balaban J connectivity index is 1.77. The first-order valence-electron chi connectivity index (χ1n) is 20.2. The van der Waals surface area contributed by atoms with Crippen molar-refractivity contribution in [3.05, 3.63) is 72.3 Å². The normalized spacial score (nSPS) is 24.5. The smallest absolute Gasteiger partial charge is 0.410 e. The third-order valence-corrected chi connectivity index (χ3v) is 11.6. The number of methoxy groups -OCH3 is 1. The molecule has 1 aliphatic heterocycles. The van der Waals surface area contributed by atoms with Gasteiger partial charge in [0.25, 0.3) is 0 Å². The van der Waals surface area contributed by atoms with E-state index in [1.54, 1.807) is 22.7 Å². The molecule has 314 valence electrons. The van der Waals surface area contributed by atoms with E-state index in [0.717, 1.165) is 41.7 Å². The highest BCUT2D eigenvalue weighted by molar-refractivity contribution is 7.98. The lowest BCUT2D eigenvalue weighted by Gasteiger charge is -2.59. The molecule has 1 fully saturated rings. The number of aliphatic hydroxyl groups is 3. The maximum atomic E-state index is 13.9. The van der Waals surface area contributed by atoms with Gasteiger partial charge in [-0.2, -0.15) is 0 Å². The summed E-state index contributed by atoms with van der Waals surface area (Å²) in [5, 5.41) is 34.0. The van der Waals surface area contributed by atoms with E-state index >= 15 is 0 Å². The van der Waals surface area contributed by atoms with Crippen LogP contribution in [0.5, 0.6) is 17.2 Å². The van der Waals surface area contributed by atoms with Crippen molar-refractivity contribution in [2.45, 2.75) is 94.0 Å². The van der Waals surface area contributed by atoms with Gasteiger partial charge in [0.15, 0.2) is 0 Å². The molecule has 2 aliphatic carbocycles. The molecular weight excluding hydrogens is 749 g/mol. The second-order valence-corrected chi connectivity index (χ2v) is 16.6. The zero-order valence-corrected chi connectivity index (χ0v) is 35.0. The number of nitrogens with zero attached hydrogens (tertiary/aromatic N) is 2. The number of thioether (sulfide) groups is 1. The molecule has 0 saturated heterocycles. The van der Waals surface area contributed by atoms with Crippen molar-refractivity contribution in [1.29, 1.82) is 0 Å². The first-order chi connectivity index (χ1) is 27.5. The number of rotatable bonds is 21. The summed E-state index contributed by atoms with van der Waals surface area (Å²) in [6.07, 6.45) is 10.3. The molecule has 2 aromatic carbocycles. The fourth-order valence-corrected chi connectivity index (χ4v) is 8.91. The SMILES string of the molecule is C=CCO[C@@]12Oc3ccc(Oc4ccc(SC)cc4)cc3[C@H]3[C@H](CCCCO)[C@@H](CCCCO)C=C(C(=NOC(C)(C)C)C[C@@H]1N(CCOCCO)C(=O)OC)[C@H]32. The van der Waals surface area contributed by atoms with E-state index in [1.807, 2.05) is 63.4 Å². The number of oxime groups is 1. The van der Waals surface area contributed by atoms with Crippen LogP contribution in [-0.2, 0) is 19.0 Å². The molecule has 1 amide bonds. The molecule has 1 saturated carbocycles. The monoisotopic (exact) mass is 810 g/mol. The lowest BCUT2D eigenvalue weighted by Crippen LogP contribution is -2.70. The number of aliphatic hydroxyl groups excluding tert-OH is 3. The number of amides is 1. The molecule has 13 heteroatoms. The van der Waals surface area contributed by atoms with Gasteiger partial charge in [-0.05, 0) is 113 Å². The minimum absolute atomic E-state index is 0.0532. The molecule has 1 heterocycles. The molecule has 0 bridgehead atoms. The number of carbonyl (C=O) groups is 1. The predicted molar refractivity (Wildman–Crippen MR) is 221 cm³/mol. The molecule has 57 heavy (non-hydrogen) atoms. The molecule has 6 atom stereocenters. The van der Waals surface area contributed by atoms with Gasteiger partial charge in [0.1, 0.15) is 28.9 Å². The van der Waals surface area contributed by atoms with Crippen LogP contribution in [0.3, 0.4) is 0 Å². The zero-order valence-electron chi connectivity index (χ0n) is 34.2. The standard InChI is InChI=1S/C44H62N2O10S/c1-7-24-53-44-39(46(42(50)51-5)20-25-52-26-23-49)29-37(45-56-43(2,3)4)35-27-30(12-8-10-21-47)34(13-9-11-22-48)40(41(35)44)36-28-32(16-19-38(36)55-44)54-31-14-17-33(57-6)18-15-31/h7,14-19,27-28,30,34,39-41,47-49H,1,8-13,20-26,29H2,2-6H3/t30-,34+,39-,40+,41+,44+/m0/s1. The van der Waals surface area contributed by atoms with Crippen molar-refractivity contribution in [2.24, 2.45) is 22.9 Å². The summed E-state index contributed by atoms with van der Waals surface area (Å²) >= 11 is 1.67. The number of unbranched alkanes of at least 4 members (excludes halogenated alkanes) is 2. The first-order valence-corrected chi connectivity index (χ1v) is 21.4. The van der Waals surface area contributed by atoms with Crippen LogP contribution < -0.4 is 9.47 Å². The number of hydrogen-bond donors (Lipinski definition) is 3. The number of fused-ring (bicyclic) bond motifs is 2. The van der Waals surface area contributed by atoms with E-state index in [1.165, 1.54) is 7.11 Å². The van der Waals surface area contributed by atoms with Crippen molar-refractivity contribution >= 4 is 23.6 Å². The van der Waals surface area contributed by atoms with Crippen molar-refractivity contribution in [1.82, 2.24) is 4.90 Å². The number of benzene rings is 2. The summed E-state index contributed by atoms with van der Waals surface area (Å²) in [7, 11) is 1.35. The summed E-state index contributed by atoms with van der Waals surface area (Å²) in [5.41, 5.74) is 1.97. The molecule has 5 rings (SSSR count). The lowest BCUT2D eigenvalue weighted by molar-refractivity contribution is -0.256.